The Morgan fingerprint density at radius 1 is 1.35 bits per heavy atom. The van der Waals surface area contributed by atoms with Gasteiger partial charge in [0.1, 0.15) is 0 Å². The lowest BCUT2D eigenvalue weighted by molar-refractivity contribution is 0.110. The summed E-state index contributed by atoms with van der Waals surface area (Å²) in [6.07, 6.45) is 2.90. The molecule has 1 aromatic rings. The lowest BCUT2D eigenvalue weighted by atomic mass is 10.2. The minimum Gasteiger partial charge on any atom is -0.377 e. The summed E-state index contributed by atoms with van der Waals surface area (Å²) in [5, 5.41) is 3.46. The van der Waals surface area contributed by atoms with E-state index in [0.29, 0.717) is 6.10 Å². The monoisotopic (exact) mass is 251 g/mol. The van der Waals surface area contributed by atoms with Gasteiger partial charge in [-0.2, -0.15) is 0 Å². The standard InChI is InChI=1S/C14H21NOS/c1-12-4-6-14(7-5-12)17-10-8-15-11-13-3-2-9-16-13/h4-7,13,15H,2-3,8-11H2,1H3/t13-/m1/s1. The van der Waals surface area contributed by atoms with E-state index in [9.17, 15) is 0 Å². The van der Waals surface area contributed by atoms with E-state index in [2.05, 4.69) is 36.5 Å². The van der Waals surface area contributed by atoms with E-state index in [0.717, 1.165) is 25.4 Å². The summed E-state index contributed by atoms with van der Waals surface area (Å²) in [5.41, 5.74) is 1.32. The maximum atomic E-state index is 5.56. The highest BCUT2D eigenvalue weighted by molar-refractivity contribution is 7.99. The first-order valence-corrected chi connectivity index (χ1v) is 7.35. The highest BCUT2D eigenvalue weighted by atomic mass is 32.2. The lowest BCUT2D eigenvalue weighted by Crippen LogP contribution is -2.27. The molecule has 2 nitrogen and oxygen atoms in total. The molecular formula is C14H21NOS. The second kappa shape index (κ2) is 7.04. The van der Waals surface area contributed by atoms with E-state index in [1.165, 1.54) is 23.3 Å². The van der Waals surface area contributed by atoms with Gasteiger partial charge in [-0.25, -0.2) is 0 Å². The molecule has 0 aliphatic carbocycles. The highest BCUT2D eigenvalue weighted by Gasteiger charge is 2.13. The normalized spacial score (nSPS) is 19.7. The number of hydrogen-bond acceptors (Lipinski definition) is 3. The molecule has 1 atom stereocenters. The molecule has 0 radical (unpaired) electrons. The Kier molecular flexibility index (Phi) is 5.36. The smallest absolute Gasteiger partial charge is 0.0700 e. The Labute approximate surface area is 108 Å². The predicted molar refractivity (Wildman–Crippen MR) is 73.7 cm³/mol. The van der Waals surface area contributed by atoms with Crippen LogP contribution in [0.4, 0.5) is 0 Å². The van der Waals surface area contributed by atoms with Crippen LogP contribution >= 0.6 is 11.8 Å². The maximum Gasteiger partial charge on any atom is 0.0700 e. The van der Waals surface area contributed by atoms with Gasteiger partial charge in [-0.1, -0.05) is 17.7 Å². The van der Waals surface area contributed by atoms with Crippen molar-refractivity contribution >= 4 is 11.8 Å². The zero-order chi connectivity index (χ0) is 11.9. The number of benzene rings is 1. The summed E-state index contributed by atoms with van der Waals surface area (Å²) < 4.78 is 5.56. The van der Waals surface area contributed by atoms with Gasteiger partial charge < -0.3 is 10.1 Å². The van der Waals surface area contributed by atoms with Crippen molar-refractivity contribution in [2.45, 2.75) is 30.8 Å². The van der Waals surface area contributed by atoms with Crippen LogP contribution in [-0.2, 0) is 4.74 Å². The number of ether oxygens (including phenoxy) is 1. The van der Waals surface area contributed by atoms with Crippen molar-refractivity contribution < 1.29 is 4.74 Å². The quantitative estimate of drug-likeness (QED) is 0.620. The van der Waals surface area contributed by atoms with Crippen molar-refractivity contribution in [2.75, 3.05) is 25.4 Å². The SMILES string of the molecule is Cc1ccc(SCCNC[C@H]2CCCO2)cc1. The summed E-state index contributed by atoms with van der Waals surface area (Å²) in [7, 11) is 0. The minimum absolute atomic E-state index is 0.458. The van der Waals surface area contributed by atoms with Crippen molar-refractivity contribution in [3.63, 3.8) is 0 Å². The van der Waals surface area contributed by atoms with Crippen LogP contribution in [-0.4, -0.2) is 31.6 Å². The van der Waals surface area contributed by atoms with E-state index in [1.807, 2.05) is 11.8 Å². The lowest BCUT2D eigenvalue weighted by Gasteiger charge is -2.10. The summed E-state index contributed by atoms with van der Waals surface area (Å²) in [4.78, 5) is 1.36. The van der Waals surface area contributed by atoms with Gasteiger partial charge in [-0.05, 0) is 31.9 Å². The zero-order valence-electron chi connectivity index (χ0n) is 10.4. The minimum atomic E-state index is 0.458. The molecule has 1 heterocycles. The fourth-order valence-electron chi connectivity index (χ4n) is 1.94. The van der Waals surface area contributed by atoms with E-state index in [1.54, 1.807) is 0 Å². The molecule has 0 aromatic heterocycles. The van der Waals surface area contributed by atoms with Gasteiger partial charge in [0.2, 0.25) is 0 Å². The first-order chi connectivity index (χ1) is 8.34. The molecule has 0 spiro atoms. The fourth-order valence-corrected chi connectivity index (χ4v) is 2.75. The topological polar surface area (TPSA) is 21.3 Å². The maximum absolute atomic E-state index is 5.56. The van der Waals surface area contributed by atoms with Crippen LogP contribution in [0, 0.1) is 6.92 Å². The van der Waals surface area contributed by atoms with Crippen LogP contribution in [0.25, 0.3) is 0 Å². The van der Waals surface area contributed by atoms with Crippen molar-refractivity contribution in [2.24, 2.45) is 0 Å². The molecule has 1 fully saturated rings. The molecule has 1 N–H and O–H groups in total. The molecule has 1 aromatic carbocycles. The number of nitrogens with one attached hydrogen (secondary N) is 1. The first-order valence-electron chi connectivity index (χ1n) is 6.36. The molecule has 0 amide bonds. The largest absolute Gasteiger partial charge is 0.377 e. The number of rotatable bonds is 6. The molecule has 1 aliphatic rings. The summed E-state index contributed by atoms with van der Waals surface area (Å²) in [6, 6.07) is 8.73. The van der Waals surface area contributed by atoms with Crippen LogP contribution in [0.1, 0.15) is 18.4 Å². The van der Waals surface area contributed by atoms with Crippen molar-refractivity contribution in [3.05, 3.63) is 29.8 Å². The molecule has 0 bridgehead atoms. The molecule has 17 heavy (non-hydrogen) atoms. The highest BCUT2D eigenvalue weighted by Crippen LogP contribution is 2.17. The van der Waals surface area contributed by atoms with Gasteiger partial charge >= 0.3 is 0 Å². The molecule has 3 heteroatoms. The van der Waals surface area contributed by atoms with Gasteiger partial charge in [-0.15, -0.1) is 11.8 Å². The van der Waals surface area contributed by atoms with E-state index in [4.69, 9.17) is 4.74 Å². The summed E-state index contributed by atoms with van der Waals surface area (Å²) >= 11 is 1.91. The average molecular weight is 251 g/mol. The van der Waals surface area contributed by atoms with Crippen LogP contribution in [0.5, 0.6) is 0 Å². The van der Waals surface area contributed by atoms with Crippen LogP contribution < -0.4 is 5.32 Å². The Balaban J connectivity index is 1.55. The van der Waals surface area contributed by atoms with Gasteiger partial charge in [-0.3, -0.25) is 0 Å². The number of aryl methyl sites for hydroxylation is 1. The van der Waals surface area contributed by atoms with Crippen LogP contribution in [0.3, 0.4) is 0 Å². The third-order valence-electron chi connectivity index (χ3n) is 2.96. The molecule has 1 saturated heterocycles. The van der Waals surface area contributed by atoms with E-state index in [-0.39, 0.29) is 0 Å². The van der Waals surface area contributed by atoms with Gasteiger partial charge in [0.05, 0.1) is 6.10 Å². The molecule has 0 saturated carbocycles. The van der Waals surface area contributed by atoms with E-state index < -0.39 is 0 Å². The Morgan fingerprint density at radius 2 is 2.18 bits per heavy atom. The molecule has 94 valence electrons. The third kappa shape index (κ3) is 4.70. The fraction of sp³-hybridized carbons (Fsp3) is 0.571. The molecule has 2 rings (SSSR count). The summed E-state index contributed by atoms with van der Waals surface area (Å²) in [6.45, 7) is 5.13. The summed E-state index contributed by atoms with van der Waals surface area (Å²) in [5.74, 6) is 1.12. The van der Waals surface area contributed by atoms with E-state index >= 15 is 0 Å². The van der Waals surface area contributed by atoms with Crippen molar-refractivity contribution in [3.8, 4) is 0 Å². The zero-order valence-corrected chi connectivity index (χ0v) is 11.3. The Hall–Kier alpha value is -0.510. The Morgan fingerprint density at radius 3 is 2.88 bits per heavy atom. The predicted octanol–water partition coefficient (Wildman–Crippen LogP) is 2.86. The van der Waals surface area contributed by atoms with Crippen molar-refractivity contribution in [1.82, 2.24) is 5.32 Å². The van der Waals surface area contributed by atoms with Crippen LogP contribution in [0.2, 0.25) is 0 Å². The number of hydrogen-bond donors (Lipinski definition) is 1. The first kappa shape index (κ1) is 12.9. The van der Waals surface area contributed by atoms with Gasteiger partial charge in [0.25, 0.3) is 0 Å². The van der Waals surface area contributed by atoms with Crippen LogP contribution in [0.15, 0.2) is 29.2 Å². The molecular weight excluding hydrogens is 230 g/mol. The van der Waals surface area contributed by atoms with Gasteiger partial charge in [0.15, 0.2) is 0 Å². The number of thioether (sulfide) groups is 1. The average Bonchev–Trinajstić information content (AvgIpc) is 2.84. The second-order valence-electron chi connectivity index (χ2n) is 4.50. The third-order valence-corrected chi connectivity index (χ3v) is 3.98. The van der Waals surface area contributed by atoms with Gasteiger partial charge in [0, 0.05) is 30.3 Å². The molecule has 0 unspecified atom stereocenters. The Bertz CT molecular complexity index is 319. The second-order valence-corrected chi connectivity index (χ2v) is 5.67. The molecule has 1 aliphatic heterocycles. The van der Waals surface area contributed by atoms with Crippen molar-refractivity contribution in [1.29, 1.82) is 0 Å².